The molecule has 16 heteroatoms. The van der Waals surface area contributed by atoms with Gasteiger partial charge in [0.2, 0.25) is 17.7 Å². The molecule has 4 atom stereocenters. The second-order valence-electron chi connectivity index (χ2n) is 20.3. The van der Waals surface area contributed by atoms with Crippen LogP contribution < -0.4 is 26.0 Å². The topological polar surface area (TPSA) is 195 Å². The van der Waals surface area contributed by atoms with Crippen LogP contribution in [0.2, 0.25) is 5.02 Å². The first kappa shape index (κ1) is 51.9. The second kappa shape index (κ2) is 21.8. The van der Waals surface area contributed by atoms with Crippen LogP contribution in [0, 0.1) is 34.5 Å². The van der Waals surface area contributed by atoms with Gasteiger partial charge in [0, 0.05) is 60.3 Å². The Morgan fingerprint density at radius 2 is 1.68 bits per heavy atom. The number of nitrogens with one attached hydrogen (secondary N) is 4. The SMILES string of the molecule is Cc1ncsc1-c1ccc([C@H](C)NC(=O)[C@@H]2C[C@@H](O)CN2C(=O)C(NC(=O)COCCCCCNc2ccc(C(=O)N[C@H]3C(C)(C)[C@@H](Oc4ccc(C#N)c(Cl)c4)C3(C)C)cc2)C(C)(C)C)cc1. The summed E-state index contributed by atoms with van der Waals surface area (Å²) in [5, 5.41) is 32.7. The number of ether oxygens (including phenoxy) is 2. The fraction of sp³-hybridized carbons (Fsp3) is 0.500. The molecule has 4 aromatic rings. The molecule has 14 nitrogen and oxygen atoms in total. The molecule has 1 aliphatic heterocycles. The lowest BCUT2D eigenvalue weighted by Gasteiger charge is -2.63. The van der Waals surface area contributed by atoms with E-state index in [-0.39, 0.29) is 60.4 Å². The van der Waals surface area contributed by atoms with E-state index in [4.69, 9.17) is 21.1 Å². The first-order valence-corrected chi connectivity index (χ1v) is 24.5. The molecule has 1 aliphatic carbocycles. The third-order valence-electron chi connectivity index (χ3n) is 13.2. The Kier molecular flexibility index (Phi) is 16.6. The van der Waals surface area contributed by atoms with Crippen LogP contribution in [0.15, 0.2) is 72.2 Å². The number of likely N-dealkylation sites (tertiary alicyclic amines) is 1. The molecule has 1 aromatic heterocycles. The number of anilines is 1. The second-order valence-corrected chi connectivity index (χ2v) is 21.6. The van der Waals surface area contributed by atoms with Gasteiger partial charge in [0.15, 0.2) is 0 Å². The van der Waals surface area contributed by atoms with E-state index >= 15 is 0 Å². The van der Waals surface area contributed by atoms with Gasteiger partial charge in [-0.1, -0.05) is 84.3 Å². The van der Waals surface area contributed by atoms with Gasteiger partial charge in [0.25, 0.3) is 5.91 Å². The van der Waals surface area contributed by atoms with E-state index in [1.54, 1.807) is 41.7 Å². The van der Waals surface area contributed by atoms with Crippen molar-refractivity contribution in [3.63, 3.8) is 0 Å². The number of thiazole rings is 1. The van der Waals surface area contributed by atoms with Crippen molar-refractivity contribution in [1.82, 2.24) is 25.8 Å². The summed E-state index contributed by atoms with van der Waals surface area (Å²) < 4.78 is 12.1. The van der Waals surface area contributed by atoms with Crippen molar-refractivity contribution in [2.24, 2.45) is 16.2 Å². The van der Waals surface area contributed by atoms with Crippen LogP contribution in [-0.4, -0.2) is 95.3 Å². The third-order valence-corrected chi connectivity index (χ3v) is 14.5. The molecule has 0 bridgehead atoms. The van der Waals surface area contributed by atoms with Crippen LogP contribution >= 0.6 is 22.9 Å². The Hall–Kier alpha value is -5.53. The van der Waals surface area contributed by atoms with Gasteiger partial charge in [0.1, 0.15) is 36.6 Å². The lowest BCUT2D eigenvalue weighted by atomic mass is 9.49. The van der Waals surface area contributed by atoms with Gasteiger partial charge in [-0.15, -0.1) is 11.3 Å². The lowest BCUT2D eigenvalue weighted by Crippen LogP contribution is -2.74. The fourth-order valence-corrected chi connectivity index (χ4v) is 10.7. The number of aromatic nitrogens is 1. The number of nitriles is 1. The summed E-state index contributed by atoms with van der Waals surface area (Å²) >= 11 is 7.81. The summed E-state index contributed by atoms with van der Waals surface area (Å²) in [7, 11) is 0. The maximum atomic E-state index is 14.1. The van der Waals surface area contributed by atoms with Crippen LogP contribution in [0.3, 0.4) is 0 Å². The van der Waals surface area contributed by atoms with E-state index in [9.17, 15) is 29.5 Å². The highest BCUT2D eigenvalue weighted by atomic mass is 35.5. The summed E-state index contributed by atoms with van der Waals surface area (Å²) in [6, 6.07) is 20.1. The van der Waals surface area contributed by atoms with Gasteiger partial charge in [-0.05, 0) is 86.1 Å². The summed E-state index contributed by atoms with van der Waals surface area (Å²) in [5.41, 5.74) is 5.11. The zero-order chi connectivity index (χ0) is 49.6. The van der Waals surface area contributed by atoms with Crippen molar-refractivity contribution in [1.29, 1.82) is 5.26 Å². The molecule has 0 spiro atoms. The molecule has 6 rings (SSSR count). The number of benzene rings is 3. The standard InChI is InChI=1S/C52H66ClN7O7S/c1-31(33-13-15-34(16-14-33)43-32(2)56-30-68-43)57-46(64)41-25-38(61)28-60(41)47(65)44(50(3,4)5)58-42(62)29-66-24-12-10-11-23-55-37-20-17-35(18-21-37)45(63)59-48-51(6,7)49(52(48,8)9)67-39-22-19-36(27-54)40(53)26-39/h13-22,26,30-31,38,41,44,48-49,55,61H,10-12,23-25,28-29H2,1-9H3,(H,57,64)(H,58,62)(H,59,63)/t31-,38+,41-,44?,48-,49+/m0/s1. The minimum atomic E-state index is -0.952. The van der Waals surface area contributed by atoms with E-state index in [0.717, 1.165) is 46.6 Å². The van der Waals surface area contributed by atoms with E-state index < -0.39 is 35.4 Å². The molecule has 68 heavy (non-hydrogen) atoms. The molecule has 4 amide bonds. The smallest absolute Gasteiger partial charge is 0.251 e. The van der Waals surface area contributed by atoms with Crippen molar-refractivity contribution in [2.75, 3.05) is 31.6 Å². The van der Waals surface area contributed by atoms with Gasteiger partial charge in [-0.3, -0.25) is 19.2 Å². The number of unbranched alkanes of at least 4 members (excludes halogenated alkanes) is 2. The minimum Gasteiger partial charge on any atom is -0.489 e. The van der Waals surface area contributed by atoms with Crippen LogP contribution in [0.5, 0.6) is 5.75 Å². The van der Waals surface area contributed by atoms with Crippen LogP contribution in [-0.2, 0) is 19.1 Å². The number of carbonyl (C=O) groups excluding carboxylic acids is 4. The number of nitrogens with zero attached hydrogens (tertiary/aromatic N) is 3. The largest absolute Gasteiger partial charge is 0.489 e. The fourth-order valence-electron chi connectivity index (χ4n) is 9.67. The van der Waals surface area contributed by atoms with Crippen molar-refractivity contribution in [3.8, 4) is 22.3 Å². The van der Waals surface area contributed by atoms with Gasteiger partial charge in [-0.2, -0.15) is 5.26 Å². The van der Waals surface area contributed by atoms with E-state index in [1.165, 1.54) is 4.90 Å². The number of β-amino-alcohol motifs (C(OH)–C–C–N with tert-alkyl or cyclic N) is 1. The maximum Gasteiger partial charge on any atom is 0.251 e. The molecule has 2 heterocycles. The molecule has 1 unspecified atom stereocenters. The number of halogens is 1. The molecular weight excluding hydrogens is 902 g/mol. The van der Waals surface area contributed by atoms with E-state index in [0.29, 0.717) is 35.1 Å². The van der Waals surface area contributed by atoms with Crippen molar-refractivity contribution >= 4 is 52.3 Å². The average Bonchev–Trinajstić information content (AvgIpc) is 3.91. The highest BCUT2D eigenvalue weighted by molar-refractivity contribution is 7.13. The molecule has 2 fully saturated rings. The van der Waals surface area contributed by atoms with Gasteiger partial charge >= 0.3 is 0 Å². The quantitative estimate of drug-likeness (QED) is 0.0572. The van der Waals surface area contributed by atoms with Gasteiger partial charge in [-0.25, -0.2) is 4.98 Å². The summed E-state index contributed by atoms with van der Waals surface area (Å²) in [6.45, 7) is 18.5. The molecule has 1 saturated carbocycles. The monoisotopic (exact) mass is 967 g/mol. The number of rotatable bonds is 19. The van der Waals surface area contributed by atoms with Crippen LogP contribution in [0.4, 0.5) is 5.69 Å². The molecule has 364 valence electrons. The molecule has 2 aliphatic rings. The molecule has 0 radical (unpaired) electrons. The first-order valence-electron chi connectivity index (χ1n) is 23.3. The number of amides is 4. The average molecular weight is 969 g/mol. The highest BCUT2D eigenvalue weighted by Crippen LogP contribution is 2.55. The number of aliphatic hydroxyl groups excluding tert-OH is 1. The zero-order valence-corrected chi connectivity index (χ0v) is 42.1. The van der Waals surface area contributed by atoms with Crippen molar-refractivity contribution < 1.29 is 33.8 Å². The molecule has 3 aromatic carbocycles. The highest BCUT2D eigenvalue weighted by Gasteiger charge is 2.64. The minimum absolute atomic E-state index is 0.0135. The lowest BCUT2D eigenvalue weighted by molar-refractivity contribution is -0.164. The summed E-state index contributed by atoms with van der Waals surface area (Å²) in [4.78, 5) is 61.0. The Balaban J connectivity index is 0.887. The maximum absolute atomic E-state index is 14.1. The summed E-state index contributed by atoms with van der Waals surface area (Å²) in [6.07, 6.45) is 1.46. The Bertz CT molecular complexity index is 2450. The third kappa shape index (κ3) is 12.2. The number of aliphatic hydroxyl groups is 1. The number of hydrogen-bond donors (Lipinski definition) is 5. The predicted octanol–water partition coefficient (Wildman–Crippen LogP) is 8.22. The van der Waals surface area contributed by atoms with Crippen LogP contribution in [0.25, 0.3) is 10.4 Å². The van der Waals surface area contributed by atoms with Crippen molar-refractivity contribution in [3.05, 3.63) is 99.6 Å². The summed E-state index contributed by atoms with van der Waals surface area (Å²) in [5.74, 6) is -0.820. The first-order chi connectivity index (χ1) is 32.1. The number of aryl methyl sites for hydroxylation is 1. The zero-order valence-electron chi connectivity index (χ0n) is 40.6. The Labute approximate surface area is 409 Å². The molecular formula is C52H66ClN7O7S. The molecule has 1 saturated heterocycles. The van der Waals surface area contributed by atoms with E-state index in [1.807, 2.05) is 76.5 Å². The predicted molar refractivity (Wildman–Crippen MR) is 265 cm³/mol. The molecule has 5 N–H and O–H groups in total. The van der Waals surface area contributed by atoms with E-state index in [2.05, 4.69) is 60.0 Å². The van der Waals surface area contributed by atoms with Crippen molar-refractivity contribution in [2.45, 2.75) is 124 Å². The van der Waals surface area contributed by atoms with Gasteiger partial charge in [0.05, 0.1) is 38.8 Å². The normalized spacial score (nSPS) is 20.3. The van der Waals surface area contributed by atoms with Gasteiger partial charge < -0.3 is 40.7 Å². The Morgan fingerprint density at radius 3 is 2.29 bits per heavy atom. The number of carbonyl (C=O) groups is 4. The Morgan fingerprint density at radius 1 is 0.985 bits per heavy atom. The van der Waals surface area contributed by atoms with Crippen LogP contribution in [0.1, 0.15) is 114 Å². The number of hydrogen-bond acceptors (Lipinski definition) is 11.